The lowest BCUT2D eigenvalue weighted by atomic mass is 9.92. The molecule has 0 aromatic rings. The lowest BCUT2D eigenvalue weighted by molar-refractivity contribution is -0.128. The highest BCUT2D eigenvalue weighted by Crippen LogP contribution is 2.37. The molecule has 0 aromatic carbocycles. The van der Waals surface area contributed by atoms with Gasteiger partial charge < -0.3 is 14.8 Å². The van der Waals surface area contributed by atoms with Crippen LogP contribution in [0.4, 0.5) is 0 Å². The summed E-state index contributed by atoms with van der Waals surface area (Å²) < 4.78 is 11.5. The summed E-state index contributed by atoms with van der Waals surface area (Å²) in [6, 6.07) is 0.0427. The predicted octanol–water partition coefficient (Wildman–Crippen LogP) is 2.04. The van der Waals surface area contributed by atoms with Crippen LogP contribution in [0, 0.1) is 5.92 Å². The minimum absolute atomic E-state index is 0.0427. The number of hydrogen-bond donors (Lipinski definition) is 1. The van der Waals surface area contributed by atoms with Crippen molar-refractivity contribution in [1.82, 2.24) is 5.32 Å². The van der Waals surface area contributed by atoms with E-state index in [1.54, 1.807) is 6.08 Å². The maximum absolute atomic E-state index is 12.4. The average Bonchev–Trinajstić information content (AvgIpc) is 2.80. The first-order valence-corrected chi connectivity index (χ1v) is 7.00. The summed E-state index contributed by atoms with van der Waals surface area (Å²) in [7, 11) is 0. The Morgan fingerprint density at radius 1 is 1.37 bits per heavy atom. The number of nitrogens with one attached hydrogen (secondary N) is 1. The fourth-order valence-electron chi connectivity index (χ4n) is 3.19. The molecule has 2 heterocycles. The van der Waals surface area contributed by atoms with E-state index in [-0.39, 0.29) is 35.2 Å². The van der Waals surface area contributed by atoms with Gasteiger partial charge in [0.25, 0.3) is 0 Å². The van der Waals surface area contributed by atoms with E-state index >= 15 is 0 Å². The summed E-state index contributed by atoms with van der Waals surface area (Å²) in [5.41, 5.74) is -0.520. The maximum atomic E-state index is 12.4. The third-order valence-electron chi connectivity index (χ3n) is 4.10. The molecule has 2 rings (SSSR count). The summed E-state index contributed by atoms with van der Waals surface area (Å²) in [5, 5.41) is 3.14. The third kappa shape index (κ3) is 3.00. The second-order valence-electron chi connectivity index (χ2n) is 6.70. The molecule has 2 aliphatic rings. The van der Waals surface area contributed by atoms with Crippen molar-refractivity contribution in [2.45, 2.75) is 63.9 Å². The van der Waals surface area contributed by atoms with E-state index in [1.165, 1.54) is 0 Å². The second-order valence-corrected chi connectivity index (χ2v) is 6.70. The standard InChI is InChI=1S/C15H25NO3/c1-6-11-10(7-8-18-11)13(17)16-12-9-14(2,3)19-15(12,4)5/h6,10-12H,1,7-9H2,2-5H3,(H,16,17)/t10-,11+,12-/m1/s1. The Hall–Kier alpha value is -0.870. The largest absolute Gasteiger partial charge is 0.373 e. The van der Waals surface area contributed by atoms with E-state index in [0.717, 1.165) is 12.8 Å². The van der Waals surface area contributed by atoms with E-state index < -0.39 is 0 Å². The zero-order valence-corrected chi connectivity index (χ0v) is 12.4. The van der Waals surface area contributed by atoms with Gasteiger partial charge in [-0.25, -0.2) is 0 Å². The number of amides is 1. The Kier molecular flexibility index (Phi) is 3.76. The predicted molar refractivity (Wildman–Crippen MR) is 73.8 cm³/mol. The minimum Gasteiger partial charge on any atom is -0.373 e. The van der Waals surface area contributed by atoms with Crippen molar-refractivity contribution in [2.24, 2.45) is 5.92 Å². The van der Waals surface area contributed by atoms with E-state index in [1.807, 2.05) is 13.8 Å². The highest BCUT2D eigenvalue weighted by molar-refractivity contribution is 5.80. The molecule has 1 N–H and O–H groups in total. The van der Waals surface area contributed by atoms with Gasteiger partial charge in [0, 0.05) is 6.61 Å². The summed E-state index contributed by atoms with van der Waals surface area (Å²) in [6.07, 6.45) is 3.16. The molecule has 0 aromatic heterocycles. The topological polar surface area (TPSA) is 47.6 Å². The van der Waals surface area contributed by atoms with Crippen LogP contribution in [0.5, 0.6) is 0 Å². The first-order valence-electron chi connectivity index (χ1n) is 7.00. The molecule has 19 heavy (non-hydrogen) atoms. The van der Waals surface area contributed by atoms with Crippen LogP contribution in [-0.4, -0.2) is 35.9 Å². The van der Waals surface area contributed by atoms with Gasteiger partial charge in [0.05, 0.1) is 29.3 Å². The Balaban J connectivity index is 2.01. The smallest absolute Gasteiger partial charge is 0.226 e. The molecule has 0 saturated carbocycles. The van der Waals surface area contributed by atoms with Crippen LogP contribution in [0.2, 0.25) is 0 Å². The van der Waals surface area contributed by atoms with Gasteiger partial charge in [-0.2, -0.15) is 0 Å². The molecule has 2 aliphatic heterocycles. The molecule has 1 amide bonds. The molecule has 108 valence electrons. The van der Waals surface area contributed by atoms with Crippen LogP contribution in [0.15, 0.2) is 12.7 Å². The molecule has 0 radical (unpaired) electrons. The van der Waals surface area contributed by atoms with Crippen LogP contribution >= 0.6 is 0 Å². The molecule has 0 spiro atoms. The Morgan fingerprint density at radius 2 is 2.05 bits per heavy atom. The fourth-order valence-corrected chi connectivity index (χ4v) is 3.19. The van der Waals surface area contributed by atoms with Gasteiger partial charge >= 0.3 is 0 Å². The molecule has 4 nitrogen and oxygen atoms in total. The van der Waals surface area contributed by atoms with Crippen molar-refractivity contribution in [3.05, 3.63) is 12.7 Å². The van der Waals surface area contributed by atoms with Gasteiger partial charge in [0.1, 0.15) is 0 Å². The van der Waals surface area contributed by atoms with Crippen molar-refractivity contribution in [3.63, 3.8) is 0 Å². The zero-order chi connectivity index (χ0) is 14.3. The zero-order valence-electron chi connectivity index (χ0n) is 12.4. The highest BCUT2D eigenvalue weighted by Gasteiger charge is 2.47. The van der Waals surface area contributed by atoms with Gasteiger partial charge in [0.15, 0.2) is 0 Å². The lowest BCUT2D eigenvalue weighted by Gasteiger charge is -2.28. The summed E-state index contributed by atoms with van der Waals surface area (Å²) >= 11 is 0. The molecule has 3 atom stereocenters. The first kappa shape index (κ1) is 14.5. The number of ether oxygens (including phenoxy) is 2. The van der Waals surface area contributed by atoms with Crippen LogP contribution in [-0.2, 0) is 14.3 Å². The maximum Gasteiger partial charge on any atom is 0.226 e. The van der Waals surface area contributed by atoms with Gasteiger partial charge in [-0.3, -0.25) is 4.79 Å². The van der Waals surface area contributed by atoms with E-state index in [9.17, 15) is 4.79 Å². The minimum atomic E-state index is -0.331. The molecule has 0 bridgehead atoms. The summed E-state index contributed by atoms with van der Waals surface area (Å²) in [5.74, 6) is -0.0567. The van der Waals surface area contributed by atoms with Crippen LogP contribution < -0.4 is 5.32 Å². The van der Waals surface area contributed by atoms with Gasteiger partial charge in [-0.15, -0.1) is 6.58 Å². The van der Waals surface area contributed by atoms with Gasteiger partial charge in [-0.05, 0) is 40.5 Å². The van der Waals surface area contributed by atoms with Crippen LogP contribution in [0.25, 0.3) is 0 Å². The normalized spacial score (nSPS) is 36.1. The Bertz CT molecular complexity index is 376. The van der Waals surface area contributed by atoms with Gasteiger partial charge in [-0.1, -0.05) is 6.08 Å². The van der Waals surface area contributed by atoms with E-state index in [0.29, 0.717) is 6.61 Å². The molecule has 2 saturated heterocycles. The quantitative estimate of drug-likeness (QED) is 0.796. The summed E-state index contributed by atoms with van der Waals surface area (Å²) in [4.78, 5) is 12.4. The monoisotopic (exact) mass is 267 g/mol. The highest BCUT2D eigenvalue weighted by atomic mass is 16.5. The number of hydrogen-bond acceptors (Lipinski definition) is 3. The Labute approximate surface area is 115 Å². The molecule has 0 unspecified atom stereocenters. The van der Waals surface area contributed by atoms with Crippen molar-refractivity contribution < 1.29 is 14.3 Å². The van der Waals surface area contributed by atoms with E-state index in [2.05, 4.69) is 25.7 Å². The third-order valence-corrected chi connectivity index (χ3v) is 4.10. The van der Waals surface area contributed by atoms with Crippen molar-refractivity contribution in [1.29, 1.82) is 0 Å². The fraction of sp³-hybridized carbons (Fsp3) is 0.800. The van der Waals surface area contributed by atoms with Crippen molar-refractivity contribution in [3.8, 4) is 0 Å². The SMILES string of the molecule is C=C[C@@H]1OCC[C@H]1C(=O)N[C@@H]1CC(C)(C)OC1(C)C. The number of carbonyl (C=O) groups is 1. The summed E-state index contributed by atoms with van der Waals surface area (Å²) in [6.45, 7) is 12.5. The van der Waals surface area contributed by atoms with Crippen LogP contribution in [0.3, 0.4) is 0 Å². The lowest BCUT2D eigenvalue weighted by Crippen LogP contribution is -2.49. The number of carbonyl (C=O) groups excluding carboxylic acids is 1. The van der Waals surface area contributed by atoms with Crippen LogP contribution in [0.1, 0.15) is 40.5 Å². The number of rotatable bonds is 3. The molecule has 2 fully saturated rings. The van der Waals surface area contributed by atoms with Crippen molar-refractivity contribution >= 4 is 5.91 Å². The molecule has 0 aliphatic carbocycles. The second kappa shape index (κ2) is 4.91. The van der Waals surface area contributed by atoms with Gasteiger partial charge in [0.2, 0.25) is 5.91 Å². The Morgan fingerprint density at radius 3 is 2.58 bits per heavy atom. The molecule has 4 heteroatoms. The molecular formula is C15H25NO3. The van der Waals surface area contributed by atoms with E-state index in [4.69, 9.17) is 9.47 Å². The van der Waals surface area contributed by atoms with Crippen molar-refractivity contribution in [2.75, 3.05) is 6.61 Å². The molecular weight excluding hydrogens is 242 g/mol. The first-order chi connectivity index (χ1) is 8.75. The average molecular weight is 267 g/mol.